The van der Waals surface area contributed by atoms with Crippen molar-refractivity contribution in [2.45, 2.75) is 31.0 Å². The number of carbonyl (C=O) groups is 1. The van der Waals surface area contributed by atoms with Crippen LogP contribution in [0, 0.1) is 0 Å². The van der Waals surface area contributed by atoms with E-state index in [0.29, 0.717) is 5.16 Å². The first-order chi connectivity index (χ1) is 9.60. The van der Waals surface area contributed by atoms with E-state index in [1.807, 2.05) is 4.57 Å². The molecule has 7 heteroatoms. The Kier molecular flexibility index (Phi) is 5.19. The monoisotopic (exact) mass is 297 g/mol. The Morgan fingerprint density at radius 1 is 1.60 bits per heavy atom. The van der Waals surface area contributed by atoms with E-state index in [1.165, 1.54) is 6.07 Å². The summed E-state index contributed by atoms with van der Waals surface area (Å²) in [7, 11) is 0. The van der Waals surface area contributed by atoms with Crippen LogP contribution >= 0.6 is 11.8 Å². The molecule has 1 aromatic heterocycles. The number of aromatic nitrogens is 2. The Labute approximate surface area is 121 Å². The average Bonchev–Trinajstić information content (AvgIpc) is 2.45. The highest BCUT2D eigenvalue weighted by molar-refractivity contribution is 7.99. The molecule has 0 radical (unpaired) electrons. The summed E-state index contributed by atoms with van der Waals surface area (Å²) in [5.74, 6) is -0.987. The van der Waals surface area contributed by atoms with Gasteiger partial charge in [0.25, 0.3) is 5.56 Å². The highest BCUT2D eigenvalue weighted by Crippen LogP contribution is 2.25. The van der Waals surface area contributed by atoms with Crippen molar-refractivity contribution in [1.82, 2.24) is 14.5 Å². The lowest BCUT2D eigenvalue weighted by molar-refractivity contribution is -0.133. The van der Waals surface area contributed by atoms with E-state index in [2.05, 4.69) is 16.8 Å². The van der Waals surface area contributed by atoms with E-state index in [4.69, 9.17) is 5.11 Å². The molecule has 1 saturated heterocycles. The predicted octanol–water partition coefficient (Wildman–Crippen LogP) is 1.08. The van der Waals surface area contributed by atoms with Gasteiger partial charge in [-0.25, -0.2) is 0 Å². The number of aliphatic carboxylic acids is 1. The second-order valence-corrected chi connectivity index (χ2v) is 5.77. The topological polar surface area (TPSA) is 75.4 Å². The molecule has 0 aliphatic carbocycles. The number of likely N-dealkylation sites (tertiary alicyclic amines) is 1. The fourth-order valence-electron chi connectivity index (χ4n) is 2.45. The van der Waals surface area contributed by atoms with Gasteiger partial charge >= 0.3 is 5.97 Å². The third kappa shape index (κ3) is 3.83. The Hall–Kier alpha value is -1.34. The van der Waals surface area contributed by atoms with Gasteiger partial charge in [0.05, 0.1) is 5.75 Å². The van der Waals surface area contributed by atoms with Crippen LogP contribution in [0.3, 0.4) is 0 Å². The lowest BCUT2D eigenvalue weighted by Crippen LogP contribution is -2.37. The number of hydrogen-bond acceptors (Lipinski definition) is 5. The minimum Gasteiger partial charge on any atom is -0.481 e. The number of hydrogen-bond donors (Lipinski definition) is 1. The van der Waals surface area contributed by atoms with Crippen molar-refractivity contribution in [3.8, 4) is 0 Å². The molecule has 6 nitrogen and oxygen atoms in total. The van der Waals surface area contributed by atoms with Crippen molar-refractivity contribution in [2.24, 2.45) is 0 Å². The summed E-state index contributed by atoms with van der Waals surface area (Å²) in [5.41, 5.74) is -0.322. The van der Waals surface area contributed by atoms with Crippen LogP contribution in [0.15, 0.2) is 22.2 Å². The number of rotatable bonds is 5. The molecule has 0 amide bonds. The van der Waals surface area contributed by atoms with E-state index < -0.39 is 5.97 Å². The van der Waals surface area contributed by atoms with E-state index in [9.17, 15) is 9.59 Å². The average molecular weight is 297 g/mol. The van der Waals surface area contributed by atoms with Crippen molar-refractivity contribution >= 4 is 17.7 Å². The van der Waals surface area contributed by atoms with Crippen molar-refractivity contribution in [1.29, 1.82) is 0 Å². The highest BCUT2D eigenvalue weighted by atomic mass is 32.2. The van der Waals surface area contributed by atoms with Gasteiger partial charge in [0.2, 0.25) is 0 Å². The summed E-state index contributed by atoms with van der Waals surface area (Å²) in [4.78, 5) is 28.4. The molecule has 0 spiro atoms. The number of likely N-dealkylation sites (N-methyl/N-ethyl adjacent to an activating group) is 1. The molecule has 110 valence electrons. The van der Waals surface area contributed by atoms with Gasteiger partial charge in [-0.2, -0.15) is 4.98 Å². The summed E-state index contributed by atoms with van der Waals surface area (Å²) >= 11 is 1.11. The molecule has 0 aromatic carbocycles. The molecule has 1 aliphatic rings. The predicted molar refractivity (Wildman–Crippen MR) is 77.2 cm³/mol. The minimum absolute atomic E-state index is 0.0827. The SMILES string of the molecule is CCN1CCCC(n2ccc(=O)nc2SCC(=O)O)C1. The minimum atomic E-state index is -0.904. The molecule has 1 fully saturated rings. The molecule has 0 saturated carbocycles. The maximum absolute atomic E-state index is 11.4. The smallest absolute Gasteiger partial charge is 0.313 e. The van der Waals surface area contributed by atoms with Crippen LogP contribution in [0.1, 0.15) is 25.8 Å². The van der Waals surface area contributed by atoms with Gasteiger partial charge in [0.1, 0.15) is 0 Å². The van der Waals surface area contributed by atoms with Crippen LogP contribution in [-0.2, 0) is 4.79 Å². The van der Waals surface area contributed by atoms with Crippen LogP contribution in [-0.4, -0.2) is 50.9 Å². The van der Waals surface area contributed by atoms with Gasteiger partial charge in [0.15, 0.2) is 5.16 Å². The van der Waals surface area contributed by atoms with Crippen LogP contribution in [0.2, 0.25) is 0 Å². The number of carboxylic acids is 1. The van der Waals surface area contributed by atoms with Crippen molar-refractivity contribution in [2.75, 3.05) is 25.4 Å². The van der Waals surface area contributed by atoms with Crippen molar-refractivity contribution in [3.63, 3.8) is 0 Å². The maximum atomic E-state index is 11.4. The largest absolute Gasteiger partial charge is 0.481 e. The summed E-state index contributed by atoms with van der Waals surface area (Å²) in [5, 5.41) is 9.28. The molecule has 2 rings (SSSR count). The molecule has 1 atom stereocenters. The zero-order valence-electron chi connectivity index (χ0n) is 11.5. The lowest BCUT2D eigenvalue weighted by Gasteiger charge is -2.33. The zero-order valence-corrected chi connectivity index (χ0v) is 12.3. The van der Waals surface area contributed by atoms with Crippen molar-refractivity contribution < 1.29 is 9.90 Å². The maximum Gasteiger partial charge on any atom is 0.313 e. The quantitative estimate of drug-likeness (QED) is 0.647. The summed E-state index contributed by atoms with van der Waals surface area (Å²) in [6.07, 6.45) is 3.87. The summed E-state index contributed by atoms with van der Waals surface area (Å²) < 4.78 is 1.96. The first-order valence-electron chi connectivity index (χ1n) is 6.76. The number of carboxylic acid groups (broad SMARTS) is 1. The molecule has 1 unspecified atom stereocenters. The van der Waals surface area contributed by atoms with Gasteiger partial charge in [0, 0.05) is 24.8 Å². The first kappa shape index (κ1) is 15.1. The molecule has 20 heavy (non-hydrogen) atoms. The van der Waals surface area contributed by atoms with Gasteiger partial charge in [-0.05, 0) is 25.9 Å². The van der Waals surface area contributed by atoms with E-state index >= 15 is 0 Å². The van der Waals surface area contributed by atoms with Crippen LogP contribution in [0.25, 0.3) is 0 Å². The normalized spacial score (nSPS) is 19.9. The zero-order chi connectivity index (χ0) is 14.5. The molecule has 1 aliphatic heterocycles. The third-order valence-electron chi connectivity index (χ3n) is 3.45. The number of thioether (sulfide) groups is 1. The molecular weight excluding hydrogens is 278 g/mol. The summed E-state index contributed by atoms with van der Waals surface area (Å²) in [6.45, 7) is 5.15. The van der Waals surface area contributed by atoms with E-state index in [-0.39, 0.29) is 17.4 Å². The third-order valence-corrected chi connectivity index (χ3v) is 4.40. The Morgan fingerprint density at radius 2 is 2.40 bits per heavy atom. The van der Waals surface area contributed by atoms with Gasteiger partial charge in [-0.15, -0.1) is 0 Å². The number of nitrogens with zero attached hydrogens (tertiary/aromatic N) is 3. The van der Waals surface area contributed by atoms with Crippen LogP contribution in [0.5, 0.6) is 0 Å². The Balaban J connectivity index is 2.21. The second-order valence-electron chi connectivity index (χ2n) is 4.83. The molecule has 0 bridgehead atoms. The van der Waals surface area contributed by atoms with Gasteiger partial charge in [-0.1, -0.05) is 18.7 Å². The second kappa shape index (κ2) is 6.90. The molecule has 2 heterocycles. The summed E-state index contributed by atoms with van der Waals surface area (Å²) in [6, 6.07) is 1.70. The molecule has 1 aromatic rings. The van der Waals surface area contributed by atoms with Gasteiger partial charge < -0.3 is 14.6 Å². The first-order valence-corrected chi connectivity index (χ1v) is 7.75. The van der Waals surface area contributed by atoms with Crippen molar-refractivity contribution in [3.05, 3.63) is 22.6 Å². The fraction of sp³-hybridized carbons (Fsp3) is 0.615. The van der Waals surface area contributed by atoms with Crippen LogP contribution < -0.4 is 5.56 Å². The molecule has 1 N–H and O–H groups in total. The molecular formula is C13H19N3O3S. The van der Waals surface area contributed by atoms with E-state index in [0.717, 1.165) is 44.2 Å². The Morgan fingerprint density at radius 3 is 3.10 bits per heavy atom. The fourth-order valence-corrected chi connectivity index (χ4v) is 3.22. The standard InChI is InChI=1S/C13H19N3O3S/c1-2-15-6-3-4-10(8-15)16-7-5-11(17)14-13(16)20-9-12(18)19/h5,7,10H,2-4,6,8-9H2,1H3,(H,18,19). The van der Waals surface area contributed by atoms with E-state index in [1.54, 1.807) is 6.20 Å². The highest BCUT2D eigenvalue weighted by Gasteiger charge is 2.22. The number of piperidine rings is 1. The van der Waals surface area contributed by atoms with Crippen LogP contribution in [0.4, 0.5) is 0 Å². The Bertz CT molecular complexity index is 532. The van der Waals surface area contributed by atoms with Gasteiger partial charge in [-0.3, -0.25) is 9.59 Å². The lowest BCUT2D eigenvalue weighted by atomic mass is 10.1.